The maximum absolute atomic E-state index is 5.15. The molecule has 0 saturated carbocycles. The second-order valence-electron chi connectivity index (χ2n) is 5.61. The van der Waals surface area contributed by atoms with Gasteiger partial charge in [-0.05, 0) is 56.2 Å². The Morgan fingerprint density at radius 1 is 1.26 bits per heavy atom. The van der Waals surface area contributed by atoms with E-state index in [4.69, 9.17) is 4.74 Å². The Hall–Kier alpha value is -0.860. The molecule has 0 spiro atoms. The molecular weight excluding hydrogens is 234 g/mol. The number of ether oxygens (including phenoxy) is 1. The van der Waals surface area contributed by atoms with Gasteiger partial charge in [0.2, 0.25) is 0 Å². The van der Waals surface area contributed by atoms with E-state index in [1.165, 1.54) is 44.1 Å². The summed E-state index contributed by atoms with van der Waals surface area (Å²) in [7, 11) is 3.90. The minimum atomic E-state index is 0.529. The quantitative estimate of drug-likeness (QED) is 0.622. The van der Waals surface area contributed by atoms with Gasteiger partial charge >= 0.3 is 0 Å². The minimum Gasteiger partial charge on any atom is -0.385 e. The number of hydrogen-bond acceptors (Lipinski definition) is 2. The average Bonchev–Trinajstić information content (AvgIpc) is 2.62. The second-order valence-corrected chi connectivity index (χ2v) is 5.61. The van der Waals surface area contributed by atoms with Crippen LogP contribution in [0.4, 0.5) is 0 Å². The first-order valence-corrected chi connectivity index (χ1v) is 7.61. The molecule has 106 valence electrons. The average molecular weight is 261 g/mol. The highest BCUT2D eigenvalue weighted by molar-refractivity contribution is 5.31. The molecule has 1 aromatic carbocycles. The Kier molecular flexibility index (Phi) is 5.87. The summed E-state index contributed by atoms with van der Waals surface area (Å²) >= 11 is 0. The van der Waals surface area contributed by atoms with E-state index in [1.54, 1.807) is 12.7 Å². The lowest BCUT2D eigenvalue weighted by Gasteiger charge is -2.26. The summed E-state index contributed by atoms with van der Waals surface area (Å²) in [6, 6.07) is 9.49. The molecule has 2 heteroatoms. The van der Waals surface area contributed by atoms with Crippen molar-refractivity contribution in [2.45, 2.75) is 44.6 Å². The van der Waals surface area contributed by atoms with Crippen molar-refractivity contribution in [3.63, 3.8) is 0 Å². The van der Waals surface area contributed by atoms with Gasteiger partial charge in [0, 0.05) is 19.8 Å². The van der Waals surface area contributed by atoms with Crippen LogP contribution in [0.15, 0.2) is 24.3 Å². The van der Waals surface area contributed by atoms with Crippen molar-refractivity contribution >= 4 is 0 Å². The molecule has 0 bridgehead atoms. The van der Waals surface area contributed by atoms with Crippen molar-refractivity contribution in [2.75, 3.05) is 20.8 Å². The predicted molar refractivity (Wildman–Crippen MR) is 80.4 cm³/mol. The van der Waals surface area contributed by atoms with E-state index in [0.717, 1.165) is 12.5 Å². The third-order valence-corrected chi connectivity index (χ3v) is 4.37. The van der Waals surface area contributed by atoms with Crippen LogP contribution < -0.4 is 5.32 Å². The van der Waals surface area contributed by atoms with Gasteiger partial charge in [0.15, 0.2) is 0 Å². The van der Waals surface area contributed by atoms with Gasteiger partial charge in [-0.2, -0.15) is 0 Å². The molecule has 0 amide bonds. The topological polar surface area (TPSA) is 21.3 Å². The first kappa shape index (κ1) is 14.5. The molecule has 0 fully saturated rings. The van der Waals surface area contributed by atoms with Gasteiger partial charge in [-0.1, -0.05) is 30.7 Å². The largest absolute Gasteiger partial charge is 0.385 e. The summed E-state index contributed by atoms with van der Waals surface area (Å²) in [4.78, 5) is 0. The van der Waals surface area contributed by atoms with Crippen LogP contribution in [0.5, 0.6) is 0 Å². The van der Waals surface area contributed by atoms with E-state index in [1.807, 2.05) is 0 Å². The van der Waals surface area contributed by atoms with Gasteiger partial charge in [0.1, 0.15) is 0 Å². The van der Waals surface area contributed by atoms with Gasteiger partial charge in [0.05, 0.1) is 0 Å². The molecule has 0 heterocycles. The van der Waals surface area contributed by atoms with Gasteiger partial charge in [0.25, 0.3) is 0 Å². The molecule has 1 aliphatic carbocycles. The van der Waals surface area contributed by atoms with Crippen molar-refractivity contribution < 1.29 is 4.74 Å². The Balaban J connectivity index is 2.03. The number of aryl methyl sites for hydroxylation is 1. The van der Waals surface area contributed by atoms with Crippen molar-refractivity contribution in [1.29, 1.82) is 0 Å². The second kappa shape index (κ2) is 7.66. The molecule has 2 rings (SSSR count). The summed E-state index contributed by atoms with van der Waals surface area (Å²) in [6.45, 7) is 0.896. The van der Waals surface area contributed by atoms with Crippen molar-refractivity contribution in [3.8, 4) is 0 Å². The van der Waals surface area contributed by atoms with E-state index < -0.39 is 0 Å². The number of rotatable bonds is 6. The standard InChI is InChI=1S/C17H27NO/c1-18-17-15(9-5-6-13-19-2)11-7-10-14-8-3-4-12-16(14)17/h3-4,8,12,15,17-18H,5-7,9-11,13H2,1-2H3. The molecule has 1 N–H and O–H groups in total. The number of hydrogen-bond donors (Lipinski definition) is 1. The zero-order chi connectivity index (χ0) is 13.5. The molecule has 1 aliphatic rings. The molecule has 2 unspecified atom stereocenters. The number of fused-ring (bicyclic) bond motifs is 1. The van der Waals surface area contributed by atoms with E-state index in [2.05, 4.69) is 36.6 Å². The Bertz CT molecular complexity index is 377. The van der Waals surface area contributed by atoms with E-state index in [-0.39, 0.29) is 0 Å². The summed E-state index contributed by atoms with van der Waals surface area (Å²) in [6.07, 6.45) is 7.67. The molecule has 0 saturated heterocycles. The fourth-order valence-corrected chi connectivity index (χ4v) is 3.40. The number of unbranched alkanes of at least 4 members (excludes halogenated alkanes) is 1. The molecule has 2 atom stereocenters. The molecule has 0 aromatic heterocycles. The highest BCUT2D eigenvalue weighted by atomic mass is 16.5. The summed E-state index contributed by atoms with van der Waals surface area (Å²) in [5, 5.41) is 3.56. The maximum Gasteiger partial charge on any atom is 0.0462 e. The summed E-state index contributed by atoms with van der Waals surface area (Å²) in [5.74, 6) is 0.769. The highest BCUT2D eigenvalue weighted by Crippen LogP contribution is 2.35. The van der Waals surface area contributed by atoms with Crippen molar-refractivity contribution in [1.82, 2.24) is 5.32 Å². The van der Waals surface area contributed by atoms with Crippen LogP contribution in [0, 0.1) is 5.92 Å². The number of benzene rings is 1. The molecule has 2 nitrogen and oxygen atoms in total. The monoisotopic (exact) mass is 261 g/mol. The fraction of sp³-hybridized carbons (Fsp3) is 0.647. The van der Waals surface area contributed by atoms with Crippen LogP contribution in [-0.4, -0.2) is 20.8 Å². The van der Waals surface area contributed by atoms with Crippen molar-refractivity contribution in [3.05, 3.63) is 35.4 Å². The molecule has 0 radical (unpaired) electrons. The lowest BCUT2D eigenvalue weighted by Crippen LogP contribution is -2.25. The van der Waals surface area contributed by atoms with Gasteiger partial charge in [-0.25, -0.2) is 0 Å². The van der Waals surface area contributed by atoms with Crippen molar-refractivity contribution in [2.24, 2.45) is 5.92 Å². The lowest BCUT2D eigenvalue weighted by molar-refractivity contribution is 0.188. The van der Waals surface area contributed by atoms with Crippen LogP contribution in [0.1, 0.15) is 49.3 Å². The third kappa shape index (κ3) is 3.80. The smallest absolute Gasteiger partial charge is 0.0462 e. The molecular formula is C17H27NO. The number of nitrogens with one attached hydrogen (secondary N) is 1. The van der Waals surface area contributed by atoms with Gasteiger partial charge in [-0.15, -0.1) is 0 Å². The summed E-state index contributed by atoms with van der Waals surface area (Å²) in [5.41, 5.74) is 3.07. The number of methoxy groups -OCH3 is 1. The predicted octanol–water partition coefficient (Wildman–Crippen LogP) is 3.72. The van der Waals surface area contributed by atoms with Gasteiger partial charge in [-0.3, -0.25) is 0 Å². The van der Waals surface area contributed by atoms with Crippen LogP contribution in [0.25, 0.3) is 0 Å². The highest BCUT2D eigenvalue weighted by Gasteiger charge is 2.25. The van der Waals surface area contributed by atoms with E-state index in [9.17, 15) is 0 Å². The van der Waals surface area contributed by atoms with E-state index in [0.29, 0.717) is 6.04 Å². The molecule has 0 aliphatic heterocycles. The zero-order valence-electron chi connectivity index (χ0n) is 12.3. The third-order valence-electron chi connectivity index (χ3n) is 4.37. The first-order valence-electron chi connectivity index (χ1n) is 7.61. The van der Waals surface area contributed by atoms with Crippen LogP contribution in [0.2, 0.25) is 0 Å². The lowest BCUT2D eigenvalue weighted by atomic mass is 9.87. The maximum atomic E-state index is 5.15. The van der Waals surface area contributed by atoms with Gasteiger partial charge < -0.3 is 10.1 Å². The van der Waals surface area contributed by atoms with Crippen LogP contribution >= 0.6 is 0 Å². The fourth-order valence-electron chi connectivity index (χ4n) is 3.40. The minimum absolute atomic E-state index is 0.529. The Labute approximate surface area is 117 Å². The summed E-state index contributed by atoms with van der Waals surface area (Å²) < 4.78 is 5.15. The van der Waals surface area contributed by atoms with Crippen LogP contribution in [0.3, 0.4) is 0 Å². The normalized spacial score (nSPS) is 22.8. The zero-order valence-corrected chi connectivity index (χ0v) is 12.3. The first-order chi connectivity index (χ1) is 9.36. The molecule has 1 aromatic rings. The van der Waals surface area contributed by atoms with Crippen LogP contribution in [-0.2, 0) is 11.2 Å². The Morgan fingerprint density at radius 3 is 2.89 bits per heavy atom. The molecule has 19 heavy (non-hydrogen) atoms. The van der Waals surface area contributed by atoms with E-state index >= 15 is 0 Å². The SMILES string of the molecule is CNC1c2ccccc2CCCC1CCCCOC. The Morgan fingerprint density at radius 2 is 2.11 bits per heavy atom.